The normalized spacial score (nSPS) is 17.1. The second kappa shape index (κ2) is 14.7. The summed E-state index contributed by atoms with van der Waals surface area (Å²) in [7, 11) is 0. The molecule has 48 heavy (non-hydrogen) atoms. The number of primary amides is 1. The molecule has 2 amide bonds. The van der Waals surface area contributed by atoms with Crippen LogP contribution >= 0.6 is 0 Å². The Hall–Kier alpha value is -5.85. The van der Waals surface area contributed by atoms with Gasteiger partial charge < -0.3 is 36.3 Å². The molecule has 2 unspecified atom stereocenters. The molecule has 0 radical (unpaired) electrons. The van der Waals surface area contributed by atoms with Crippen molar-refractivity contribution in [1.29, 1.82) is 0 Å². The molecule has 0 saturated carbocycles. The Morgan fingerprint density at radius 3 is 2.25 bits per heavy atom. The molecule has 0 spiro atoms. The molecule has 3 aliphatic rings. The summed E-state index contributed by atoms with van der Waals surface area (Å²) in [5.74, 6) is 5.16. The van der Waals surface area contributed by atoms with Crippen LogP contribution in [0.4, 0.5) is 5.69 Å². The van der Waals surface area contributed by atoms with Crippen LogP contribution in [0.3, 0.4) is 0 Å². The highest BCUT2D eigenvalue weighted by Gasteiger charge is 2.31. The largest absolute Gasteiger partial charge is 0.481 e. The number of nitrogens with one attached hydrogen (secondary N) is 4. The van der Waals surface area contributed by atoms with Crippen LogP contribution in [0.5, 0.6) is 0 Å². The van der Waals surface area contributed by atoms with Crippen molar-refractivity contribution in [2.75, 3.05) is 18.4 Å². The van der Waals surface area contributed by atoms with Gasteiger partial charge in [0, 0.05) is 72.6 Å². The van der Waals surface area contributed by atoms with Crippen molar-refractivity contribution in [2.45, 2.75) is 50.4 Å². The number of carbonyl (C=O) groups is 4. The summed E-state index contributed by atoms with van der Waals surface area (Å²) in [4.78, 5) is 55.7. The van der Waals surface area contributed by atoms with E-state index in [-0.39, 0.29) is 49.2 Å². The molecular formula is C34H36N6O8. The van der Waals surface area contributed by atoms with Crippen LogP contribution in [0, 0.1) is 0 Å². The number of fused-ring (bicyclic) bond motifs is 2. The van der Waals surface area contributed by atoms with E-state index in [0.29, 0.717) is 42.8 Å². The Balaban J connectivity index is 0.000000441. The first-order valence-electron chi connectivity index (χ1n) is 15.4. The third-order valence-corrected chi connectivity index (χ3v) is 8.44. The Kier molecular flexibility index (Phi) is 10.3. The van der Waals surface area contributed by atoms with Gasteiger partial charge in [0.25, 0.3) is 5.91 Å². The van der Waals surface area contributed by atoms with Crippen molar-refractivity contribution in [3.05, 3.63) is 82.5 Å². The minimum Gasteiger partial charge on any atom is -0.481 e. The number of hydrogen-bond donors (Lipinski definition) is 8. The molecule has 6 rings (SSSR count). The maximum absolute atomic E-state index is 12.7. The Morgan fingerprint density at radius 2 is 1.67 bits per heavy atom. The molecule has 10 N–H and O–H groups in total. The van der Waals surface area contributed by atoms with E-state index >= 15 is 0 Å². The Bertz CT molecular complexity index is 1870. The fourth-order valence-electron chi connectivity index (χ4n) is 6.27. The van der Waals surface area contributed by atoms with Gasteiger partial charge in [-0.25, -0.2) is 10.6 Å². The molecular weight excluding hydrogens is 620 g/mol. The summed E-state index contributed by atoms with van der Waals surface area (Å²) in [6, 6.07) is 7.73. The second-order valence-corrected chi connectivity index (χ2v) is 11.6. The average molecular weight is 657 g/mol. The molecule has 2 aromatic carbocycles. The zero-order valence-electron chi connectivity index (χ0n) is 25.9. The second-order valence-electron chi connectivity index (χ2n) is 11.6. The van der Waals surface area contributed by atoms with Gasteiger partial charge in [0.15, 0.2) is 5.76 Å². The maximum atomic E-state index is 12.7. The van der Waals surface area contributed by atoms with E-state index in [1.165, 1.54) is 0 Å². The fraction of sp³-hybridized carbons (Fsp3) is 0.294. The molecule has 0 fully saturated rings. The third kappa shape index (κ3) is 7.25. The zero-order valence-corrected chi connectivity index (χ0v) is 25.9. The lowest BCUT2D eigenvalue weighted by Gasteiger charge is -2.23. The van der Waals surface area contributed by atoms with Gasteiger partial charge in [0.2, 0.25) is 5.91 Å². The topological polar surface area (TPSA) is 239 Å². The van der Waals surface area contributed by atoms with Crippen molar-refractivity contribution in [2.24, 2.45) is 11.6 Å². The zero-order chi connectivity index (χ0) is 34.4. The van der Waals surface area contributed by atoms with Gasteiger partial charge in [0.05, 0.1) is 0 Å². The lowest BCUT2D eigenvalue weighted by atomic mass is 9.81. The van der Waals surface area contributed by atoms with Gasteiger partial charge in [-0.05, 0) is 71.8 Å². The molecule has 0 aliphatic carbocycles. The quantitative estimate of drug-likeness (QED) is 0.0643. The first-order valence-corrected chi connectivity index (χ1v) is 15.4. The van der Waals surface area contributed by atoms with Gasteiger partial charge >= 0.3 is 11.9 Å². The van der Waals surface area contributed by atoms with E-state index in [4.69, 9.17) is 26.2 Å². The highest BCUT2D eigenvalue weighted by atomic mass is 16.4. The third-order valence-electron chi connectivity index (χ3n) is 8.44. The van der Waals surface area contributed by atoms with E-state index in [1.54, 1.807) is 0 Å². The smallest absolute Gasteiger partial charge is 0.303 e. The monoisotopic (exact) mass is 656 g/mol. The van der Waals surface area contributed by atoms with Crippen molar-refractivity contribution in [1.82, 2.24) is 16.1 Å². The Morgan fingerprint density at radius 1 is 0.979 bits per heavy atom. The number of anilines is 1. The summed E-state index contributed by atoms with van der Waals surface area (Å²) >= 11 is 0. The molecule has 14 heteroatoms. The first kappa shape index (κ1) is 33.5. The number of amides is 2. The van der Waals surface area contributed by atoms with E-state index in [2.05, 4.69) is 33.5 Å². The van der Waals surface area contributed by atoms with Crippen LogP contribution in [0.25, 0.3) is 22.1 Å². The van der Waals surface area contributed by atoms with E-state index < -0.39 is 17.8 Å². The standard InChI is InChI=1S/C29H28N6O4.C5H8O4/c30-29(38)28-22-11-21(16-5-7-32-12-16)20(2-4-24(37)35-31)25(17-6-8-33-13-17)26(22)27(39-28)15-1-3-23-18(9-15)10-19(14-36)34-23;6-4(7)2-1-3-5(8)9/h1,3,5-9,11,16-17,32-34H,2,4,10,12-13,31H2,(H2,30,38)(H,35,37);1-3H2,(H,6,7)(H,8,9). The minimum absolute atomic E-state index is 0.0282. The first-order chi connectivity index (χ1) is 23.1. The van der Waals surface area contributed by atoms with Crippen molar-refractivity contribution in [3.63, 3.8) is 0 Å². The summed E-state index contributed by atoms with van der Waals surface area (Å²) in [5.41, 5.74) is 14.1. The number of hydrazine groups is 1. The molecule has 3 aromatic rings. The van der Waals surface area contributed by atoms with Crippen LogP contribution in [-0.4, -0.2) is 53.0 Å². The SMILES string of the molecule is NNC(=O)CCc1c(C2C=CNC2)cc2c(C(N)=O)oc(-c3ccc4c(c3)CC(=C=O)N4)c2c1C1C=CNC1.O=C(O)CCCC(=O)O. The predicted octanol–water partition coefficient (Wildman–Crippen LogP) is 2.53. The number of carbonyl (C=O) groups excluding carboxylic acids is 3. The highest BCUT2D eigenvalue weighted by molar-refractivity contribution is 6.11. The van der Waals surface area contributed by atoms with Crippen LogP contribution in [0.2, 0.25) is 0 Å². The summed E-state index contributed by atoms with van der Waals surface area (Å²) in [6.07, 6.45) is 9.18. The van der Waals surface area contributed by atoms with Gasteiger partial charge in [-0.1, -0.05) is 12.2 Å². The van der Waals surface area contributed by atoms with Crippen LogP contribution in [0.1, 0.15) is 70.3 Å². The fourth-order valence-corrected chi connectivity index (χ4v) is 6.27. The maximum Gasteiger partial charge on any atom is 0.303 e. The van der Waals surface area contributed by atoms with Crippen molar-refractivity contribution < 1.29 is 38.6 Å². The molecule has 14 nitrogen and oxygen atoms in total. The van der Waals surface area contributed by atoms with Crippen molar-refractivity contribution >= 4 is 46.2 Å². The van der Waals surface area contributed by atoms with E-state index in [0.717, 1.165) is 38.9 Å². The number of aliphatic carboxylic acids is 2. The molecule has 0 bridgehead atoms. The number of allylic oxidation sites excluding steroid dienone is 1. The predicted molar refractivity (Wildman–Crippen MR) is 176 cm³/mol. The van der Waals surface area contributed by atoms with Crippen LogP contribution in [0.15, 0.2) is 58.9 Å². The van der Waals surface area contributed by atoms with Crippen molar-refractivity contribution in [3.8, 4) is 11.3 Å². The van der Waals surface area contributed by atoms with Crippen LogP contribution in [-0.2, 0) is 32.0 Å². The minimum atomic E-state index is -0.948. The van der Waals surface area contributed by atoms with Gasteiger partial charge in [-0.3, -0.25) is 24.6 Å². The molecule has 0 saturated heterocycles. The lowest BCUT2D eigenvalue weighted by molar-refractivity contribution is -0.138. The number of benzene rings is 2. The number of rotatable bonds is 11. The molecule has 1 aromatic heterocycles. The molecule has 3 aliphatic heterocycles. The highest BCUT2D eigenvalue weighted by Crippen LogP contribution is 2.45. The average Bonchev–Trinajstić information content (AvgIpc) is 3.88. The summed E-state index contributed by atoms with van der Waals surface area (Å²) in [5, 5.41) is 27.1. The van der Waals surface area contributed by atoms with E-state index in [1.807, 2.05) is 42.6 Å². The number of carboxylic acids is 2. The molecule has 4 heterocycles. The van der Waals surface area contributed by atoms with E-state index in [9.17, 15) is 24.0 Å². The molecule has 2 atom stereocenters. The summed E-state index contributed by atoms with van der Waals surface area (Å²) in [6.45, 7) is 1.35. The molecule has 250 valence electrons. The number of carboxylic acid groups (broad SMARTS) is 2. The van der Waals surface area contributed by atoms with Gasteiger partial charge in [0.1, 0.15) is 17.4 Å². The van der Waals surface area contributed by atoms with Gasteiger partial charge in [-0.2, -0.15) is 0 Å². The Labute approximate surface area is 274 Å². The number of nitrogens with two attached hydrogens (primary N) is 2. The van der Waals surface area contributed by atoms with Crippen LogP contribution < -0.4 is 33.0 Å². The lowest BCUT2D eigenvalue weighted by Crippen LogP contribution is -2.30. The number of furan rings is 1. The summed E-state index contributed by atoms with van der Waals surface area (Å²) < 4.78 is 6.29. The van der Waals surface area contributed by atoms with Gasteiger partial charge in [-0.15, -0.1) is 0 Å². The number of hydrogen-bond acceptors (Lipinski definition) is 10.